The fourth-order valence-electron chi connectivity index (χ4n) is 8.22. The molecule has 57 heavy (non-hydrogen) atoms. The Hall–Kier alpha value is -7.26. The van der Waals surface area contributed by atoms with Crippen molar-refractivity contribution in [3.63, 3.8) is 0 Å². The molecule has 1 aliphatic rings. The van der Waals surface area contributed by atoms with E-state index in [1.165, 1.54) is 18.6 Å². The summed E-state index contributed by atoms with van der Waals surface area (Å²) in [7, 11) is 0. The second-order valence-corrected chi connectivity index (χ2v) is 14.6. The van der Waals surface area contributed by atoms with Gasteiger partial charge in [-0.1, -0.05) is 109 Å². The number of rotatable bonds is 6. The van der Waals surface area contributed by atoms with Gasteiger partial charge in [0.25, 0.3) is 0 Å². The van der Waals surface area contributed by atoms with Gasteiger partial charge in [-0.3, -0.25) is 29.3 Å². The van der Waals surface area contributed by atoms with Crippen LogP contribution < -0.4 is 14.2 Å². The van der Waals surface area contributed by atoms with Crippen molar-refractivity contribution in [2.75, 3.05) is 0 Å². The SMILES string of the molecule is O=C(Oc1cnc2c(ccc3ccccc32)c1)C1CC(C(=O)Oc2cnc3c(ccc4ccccc43)c2)CC(C(=O)Oc2cnc3c(ccc4ccccc43)c2)C1. The first-order valence-corrected chi connectivity index (χ1v) is 18.9. The summed E-state index contributed by atoms with van der Waals surface area (Å²) in [5.74, 6) is -3.28. The number of aromatic nitrogens is 3. The molecule has 3 heterocycles. The highest BCUT2D eigenvalue weighted by Gasteiger charge is 2.42. The Labute approximate surface area is 325 Å². The summed E-state index contributed by atoms with van der Waals surface area (Å²) >= 11 is 0. The highest BCUT2D eigenvalue weighted by atomic mass is 16.5. The van der Waals surface area contributed by atoms with Crippen LogP contribution in [0.5, 0.6) is 17.2 Å². The zero-order valence-corrected chi connectivity index (χ0v) is 30.5. The molecule has 6 aromatic carbocycles. The highest BCUT2D eigenvalue weighted by molar-refractivity contribution is 6.07. The number of esters is 3. The van der Waals surface area contributed by atoms with Crippen LogP contribution in [0.25, 0.3) is 65.0 Å². The van der Waals surface area contributed by atoms with Crippen LogP contribution in [-0.2, 0) is 14.4 Å². The Morgan fingerprint density at radius 1 is 0.386 bits per heavy atom. The van der Waals surface area contributed by atoms with E-state index in [0.29, 0.717) is 0 Å². The molecule has 0 saturated heterocycles. The van der Waals surface area contributed by atoms with Crippen LogP contribution in [0, 0.1) is 17.8 Å². The van der Waals surface area contributed by atoms with Crippen molar-refractivity contribution in [3.05, 3.63) is 146 Å². The van der Waals surface area contributed by atoms with Crippen LogP contribution in [0.3, 0.4) is 0 Å². The van der Waals surface area contributed by atoms with Gasteiger partial charge >= 0.3 is 17.9 Å². The third-order valence-corrected chi connectivity index (χ3v) is 11.0. The molecule has 0 N–H and O–H groups in total. The fraction of sp³-hybridized carbons (Fsp3) is 0.125. The van der Waals surface area contributed by atoms with Crippen LogP contribution >= 0.6 is 0 Å². The summed E-state index contributed by atoms with van der Waals surface area (Å²) in [6.07, 6.45) is 4.96. The highest BCUT2D eigenvalue weighted by Crippen LogP contribution is 2.38. The maximum absolute atomic E-state index is 13.9. The molecule has 1 saturated carbocycles. The standard InChI is InChI=1S/C48H33N3O6/c52-46(55-37-22-31-16-13-28-7-1-4-10-40(28)43(31)49-25-37)34-19-35(47(53)56-38-23-32-17-14-29-8-2-5-11-41(29)44(32)50-26-38)21-36(20-34)48(54)57-39-24-33-18-15-30-9-3-6-12-42(30)45(33)51-27-39/h1-18,22-27,34-36H,19-21H2. The van der Waals surface area contributed by atoms with Crippen LogP contribution in [0.4, 0.5) is 0 Å². The van der Waals surface area contributed by atoms with Crippen LogP contribution in [-0.4, -0.2) is 32.9 Å². The predicted octanol–water partition coefficient (Wildman–Crippen LogP) is 9.94. The average Bonchev–Trinajstić information content (AvgIpc) is 3.25. The molecule has 0 atom stereocenters. The van der Waals surface area contributed by atoms with E-state index < -0.39 is 35.7 Å². The van der Waals surface area contributed by atoms with E-state index in [2.05, 4.69) is 15.0 Å². The number of benzene rings is 6. The maximum Gasteiger partial charge on any atom is 0.314 e. The third kappa shape index (κ3) is 6.53. The average molecular weight is 748 g/mol. The topological polar surface area (TPSA) is 118 Å². The van der Waals surface area contributed by atoms with Gasteiger partial charge < -0.3 is 14.2 Å². The lowest BCUT2D eigenvalue weighted by Gasteiger charge is -2.31. The summed E-state index contributed by atoms with van der Waals surface area (Å²) < 4.78 is 17.7. The Balaban J connectivity index is 0.917. The van der Waals surface area contributed by atoms with Crippen molar-refractivity contribution >= 4 is 82.9 Å². The van der Waals surface area contributed by atoms with E-state index in [-0.39, 0.29) is 36.5 Å². The van der Waals surface area contributed by atoms with E-state index in [4.69, 9.17) is 14.2 Å². The van der Waals surface area contributed by atoms with Gasteiger partial charge in [0.1, 0.15) is 17.2 Å². The third-order valence-electron chi connectivity index (χ3n) is 11.0. The first-order chi connectivity index (χ1) is 27.9. The summed E-state index contributed by atoms with van der Waals surface area (Å²) in [6.45, 7) is 0. The molecule has 3 aromatic heterocycles. The van der Waals surface area contributed by atoms with Crippen molar-refractivity contribution < 1.29 is 28.6 Å². The van der Waals surface area contributed by atoms with E-state index >= 15 is 0 Å². The molecule has 0 amide bonds. The number of carbonyl (C=O) groups is 3. The van der Waals surface area contributed by atoms with Crippen molar-refractivity contribution in [2.45, 2.75) is 19.3 Å². The second-order valence-electron chi connectivity index (χ2n) is 14.6. The molecule has 1 fully saturated rings. The molecule has 1 aliphatic carbocycles. The Morgan fingerprint density at radius 3 is 0.982 bits per heavy atom. The number of ether oxygens (including phenoxy) is 3. The largest absolute Gasteiger partial charge is 0.425 e. The van der Waals surface area contributed by atoms with Gasteiger partial charge in [-0.15, -0.1) is 0 Å². The van der Waals surface area contributed by atoms with Crippen LogP contribution in [0.1, 0.15) is 19.3 Å². The lowest BCUT2D eigenvalue weighted by molar-refractivity contribution is -0.150. The van der Waals surface area contributed by atoms with Gasteiger partial charge in [0.05, 0.1) is 52.9 Å². The summed E-state index contributed by atoms with van der Waals surface area (Å²) in [6, 6.07) is 41.0. The fourth-order valence-corrected chi connectivity index (χ4v) is 8.22. The van der Waals surface area contributed by atoms with Crippen LogP contribution in [0.15, 0.2) is 146 Å². The second kappa shape index (κ2) is 14.1. The minimum Gasteiger partial charge on any atom is -0.425 e. The Kier molecular flexibility index (Phi) is 8.48. The van der Waals surface area contributed by atoms with Crippen molar-refractivity contribution in [2.24, 2.45) is 17.8 Å². The van der Waals surface area contributed by atoms with Gasteiger partial charge in [-0.2, -0.15) is 0 Å². The molecule has 0 bridgehead atoms. The molecule has 276 valence electrons. The molecular weight excluding hydrogens is 715 g/mol. The van der Waals surface area contributed by atoms with Crippen molar-refractivity contribution in [1.29, 1.82) is 0 Å². The molecule has 0 unspecified atom stereocenters. The molecule has 9 aromatic rings. The van der Waals surface area contributed by atoms with E-state index in [9.17, 15) is 14.4 Å². The van der Waals surface area contributed by atoms with Gasteiger partial charge in [-0.05, 0) is 53.6 Å². The van der Waals surface area contributed by atoms with Gasteiger partial charge in [-0.25, -0.2) is 0 Å². The molecule has 0 spiro atoms. The number of carbonyl (C=O) groups excluding carboxylic acids is 3. The number of hydrogen-bond acceptors (Lipinski definition) is 9. The zero-order valence-electron chi connectivity index (χ0n) is 30.5. The first-order valence-electron chi connectivity index (χ1n) is 18.9. The first kappa shape index (κ1) is 34.2. The Bertz CT molecular complexity index is 2750. The van der Waals surface area contributed by atoms with Gasteiger partial charge in [0.2, 0.25) is 0 Å². The monoisotopic (exact) mass is 747 g/mol. The predicted molar refractivity (Wildman–Crippen MR) is 219 cm³/mol. The van der Waals surface area contributed by atoms with Crippen molar-refractivity contribution in [3.8, 4) is 17.2 Å². The summed E-state index contributed by atoms with van der Waals surface area (Å²) in [5, 5.41) is 8.61. The molecule has 9 heteroatoms. The quantitative estimate of drug-likeness (QED) is 0.121. The van der Waals surface area contributed by atoms with E-state index in [1.807, 2.05) is 109 Å². The lowest BCUT2D eigenvalue weighted by atomic mass is 9.75. The van der Waals surface area contributed by atoms with Crippen LogP contribution in [0.2, 0.25) is 0 Å². The maximum atomic E-state index is 13.9. The number of pyridine rings is 3. The lowest BCUT2D eigenvalue weighted by Crippen LogP contribution is -2.39. The minimum absolute atomic E-state index is 0.128. The molecule has 0 aliphatic heterocycles. The number of fused-ring (bicyclic) bond motifs is 9. The Morgan fingerprint density at radius 2 is 0.667 bits per heavy atom. The normalized spacial score (nSPS) is 16.9. The summed E-state index contributed by atoms with van der Waals surface area (Å²) in [5.41, 5.74) is 2.39. The van der Waals surface area contributed by atoms with E-state index in [1.54, 1.807) is 18.2 Å². The molecule has 9 nitrogen and oxygen atoms in total. The minimum atomic E-state index is -0.802. The van der Waals surface area contributed by atoms with E-state index in [0.717, 1.165) is 65.0 Å². The number of hydrogen-bond donors (Lipinski definition) is 0. The molecular formula is C48H33N3O6. The zero-order chi connectivity index (χ0) is 38.5. The van der Waals surface area contributed by atoms with Gasteiger partial charge in [0.15, 0.2) is 0 Å². The van der Waals surface area contributed by atoms with Crippen molar-refractivity contribution in [1.82, 2.24) is 15.0 Å². The summed E-state index contributed by atoms with van der Waals surface area (Å²) in [4.78, 5) is 55.6. The number of nitrogens with zero attached hydrogens (tertiary/aromatic N) is 3. The molecule has 0 radical (unpaired) electrons. The molecule has 10 rings (SSSR count). The smallest absolute Gasteiger partial charge is 0.314 e. The van der Waals surface area contributed by atoms with Gasteiger partial charge in [0, 0.05) is 32.3 Å².